The lowest BCUT2D eigenvalue weighted by atomic mass is 10.4. The Bertz CT molecular complexity index is 593. The van der Waals surface area contributed by atoms with Crippen LogP contribution < -0.4 is 5.32 Å². The number of hydrogen-bond acceptors (Lipinski definition) is 5. The van der Waals surface area contributed by atoms with Gasteiger partial charge in [-0.15, -0.1) is 22.7 Å². The van der Waals surface area contributed by atoms with Gasteiger partial charge in [-0.3, -0.25) is 4.79 Å². The Morgan fingerprint density at radius 2 is 2.22 bits per heavy atom. The van der Waals surface area contributed by atoms with Crippen molar-refractivity contribution in [3.63, 3.8) is 0 Å². The number of nitrogens with zero attached hydrogens (tertiary/aromatic N) is 1. The molecule has 0 fully saturated rings. The van der Waals surface area contributed by atoms with Gasteiger partial charge in [0.15, 0.2) is 10.7 Å². The van der Waals surface area contributed by atoms with Crippen molar-refractivity contribution in [3.05, 3.63) is 36.9 Å². The van der Waals surface area contributed by atoms with E-state index in [9.17, 15) is 9.59 Å². The van der Waals surface area contributed by atoms with Crippen molar-refractivity contribution >= 4 is 50.5 Å². The standard InChI is InChI=1S/C10H7BrN2O3S2/c11-5-1-2-17-7(5)3-12-8(14)9-13-6(4-18-9)10(15)16/h1-2,4H,3H2,(H,12,14)(H,15,16). The third-order valence-corrected chi connectivity index (χ3v) is 4.79. The van der Waals surface area contributed by atoms with Gasteiger partial charge in [0.25, 0.3) is 5.91 Å². The number of aromatic carboxylic acids is 1. The largest absolute Gasteiger partial charge is 0.476 e. The molecule has 0 aliphatic carbocycles. The maximum Gasteiger partial charge on any atom is 0.355 e. The van der Waals surface area contributed by atoms with Crippen molar-refractivity contribution in [2.24, 2.45) is 0 Å². The van der Waals surface area contributed by atoms with E-state index in [2.05, 4.69) is 26.2 Å². The second-order valence-electron chi connectivity index (χ2n) is 3.22. The Kier molecular flexibility index (Phi) is 4.10. The van der Waals surface area contributed by atoms with Crippen molar-refractivity contribution < 1.29 is 14.7 Å². The van der Waals surface area contributed by atoms with E-state index in [1.54, 1.807) is 0 Å². The molecule has 0 aliphatic heterocycles. The predicted molar refractivity (Wildman–Crippen MR) is 72.3 cm³/mol. The number of rotatable bonds is 4. The number of carboxylic acids is 1. The van der Waals surface area contributed by atoms with E-state index in [0.717, 1.165) is 20.7 Å². The van der Waals surface area contributed by atoms with Gasteiger partial charge in [0.2, 0.25) is 0 Å². The van der Waals surface area contributed by atoms with Crippen LogP contribution in [0.2, 0.25) is 0 Å². The van der Waals surface area contributed by atoms with Crippen LogP contribution in [0.5, 0.6) is 0 Å². The zero-order chi connectivity index (χ0) is 13.1. The van der Waals surface area contributed by atoms with Gasteiger partial charge in [0.05, 0.1) is 6.54 Å². The van der Waals surface area contributed by atoms with E-state index in [1.165, 1.54) is 16.7 Å². The molecule has 0 aromatic carbocycles. The average Bonchev–Trinajstić information content (AvgIpc) is 2.94. The van der Waals surface area contributed by atoms with E-state index in [-0.39, 0.29) is 16.6 Å². The van der Waals surface area contributed by atoms with Crippen LogP contribution in [0.4, 0.5) is 0 Å². The summed E-state index contributed by atoms with van der Waals surface area (Å²) in [5.74, 6) is -1.50. The first-order valence-electron chi connectivity index (χ1n) is 4.77. The molecule has 2 rings (SSSR count). The number of thiophene rings is 1. The molecular formula is C10H7BrN2O3S2. The fourth-order valence-electron chi connectivity index (χ4n) is 1.16. The third-order valence-electron chi connectivity index (χ3n) is 2.02. The summed E-state index contributed by atoms with van der Waals surface area (Å²) in [5, 5.41) is 14.8. The Morgan fingerprint density at radius 1 is 1.44 bits per heavy atom. The summed E-state index contributed by atoms with van der Waals surface area (Å²) in [5.41, 5.74) is -0.109. The van der Waals surface area contributed by atoms with Crippen LogP contribution in [0.15, 0.2) is 21.3 Å². The molecule has 2 heterocycles. The Labute approximate surface area is 119 Å². The first-order chi connectivity index (χ1) is 8.58. The maximum atomic E-state index is 11.7. The summed E-state index contributed by atoms with van der Waals surface area (Å²) in [4.78, 5) is 27.1. The van der Waals surface area contributed by atoms with Gasteiger partial charge in [-0.25, -0.2) is 9.78 Å². The molecule has 0 radical (unpaired) electrons. The maximum absolute atomic E-state index is 11.7. The van der Waals surface area contributed by atoms with Gasteiger partial charge in [0.1, 0.15) is 0 Å². The molecule has 0 atom stereocenters. The number of aromatic nitrogens is 1. The molecule has 94 valence electrons. The van der Waals surface area contributed by atoms with E-state index in [4.69, 9.17) is 5.11 Å². The second-order valence-corrected chi connectivity index (χ2v) is 5.93. The number of thiazole rings is 1. The highest BCUT2D eigenvalue weighted by molar-refractivity contribution is 9.10. The molecule has 2 aromatic heterocycles. The van der Waals surface area contributed by atoms with Crippen molar-refractivity contribution in [2.75, 3.05) is 0 Å². The number of amides is 1. The number of hydrogen-bond donors (Lipinski definition) is 2. The first-order valence-corrected chi connectivity index (χ1v) is 7.32. The van der Waals surface area contributed by atoms with Crippen LogP contribution in [0.1, 0.15) is 25.2 Å². The normalized spacial score (nSPS) is 10.3. The predicted octanol–water partition coefficient (Wildman–Crippen LogP) is 2.60. The fraction of sp³-hybridized carbons (Fsp3) is 0.100. The Morgan fingerprint density at radius 3 is 2.78 bits per heavy atom. The van der Waals surface area contributed by atoms with E-state index in [1.807, 2.05) is 11.4 Å². The molecule has 5 nitrogen and oxygen atoms in total. The van der Waals surface area contributed by atoms with Crippen LogP contribution >= 0.6 is 38.6 Å². The lowest BCUT2D eigenvalue weighted by molar-refractivity contribution is 0.0691. The highest BCUT2D eigenvalue weighted by Gasteiger charge is 2.14. The van der Waals surface area contributed by atoms with Gasteiger partial charge < -0.3 is 10.4 Å². The van der Waals surface area contributed by atoms with Gasteiger partial charge in [0, 0.05) is 14.7 Å². The second kappa shape index (κ2) is 5.59. The van der Waals surface area contributed by atoms with E-state index in [0.29, 0.717) is 6.54 Å². The summed E-state index contributed by atoms with van der Waals surface area (Å²) in [6.45, 7) is 0.388. The minimum atomic E-state index is -1.13. The molecule has 0 aliphatic rings. The topological polar surface area (TPSA) is 79.3 Å². The van der Waals surface area contributed by atoms with Gasteiger partial charge in [-0.05, 0) is 27.4 Å². The summed E-state index contributed by atoms with van der Waals surface area (Å²) in [6.07, 6.45) is 0. The Balaban J connectivity index is 1.99. The number of nitrogens with one attached hydrogen (secondary N) is 1. The molecule has 0 spiro atoms. The summed E-state index contributed by atoms with van der Waals surface area (Å²) in [7, 11) is 0. The van der Waals surface area contributed by atoms with Crippen molar-refractivity contribution in [3.8, 4) is 0 Å². The summed E-state index contributed by atoms with van der Waals surface area (Å²) < 4.78 is 0.943. The third kappa shape index (κ3) is 2.95. The SMILES string of the molecule is O=C(O)c1csc(C(=O)NCc2sccc2Br)n1. The fourth-order valence-corrected chi connectivity index (χ4v) is 3.30. The molecular weight excluding hydrogens is 340 g/mol. The summed E-state index contributed by atoms with van der Waals surface area (Å²) >= 11 is 5.90. The van der Waals surface area contributed by atoms with E-state index >= 15 is 0 Å². The van der Waals surface area contributed by atoms with Gasteiger partial charge in [-0.1, -0.05) is 0 Å². The molecule has 8 heteroatoms. The molecule has 18 heavy (non-hydrogen) atoms. The lowest BCUT2D eigenvalue weighted by Gasteiger charge is -2.01. The quantitative estimate of drug-likeness (QED) is 0.891. The monoisotopic (exact) mass is 346 g/mol. The Hall–Kier alpha value is -1.25. The van der Waals surface area contributed by atoms with Gasteiger partial charge >= 0.3 is 5.97 Å². The molecule has 1 amide bonds. The highest BCUT2D eigenvalue weighted by Crippen LogP contribution is 2.22. The molecule has 2 N–H and O–H groups in total. The van der Waals surface area contributed by atoms with Crippen LogP contribution in [-0.4, -0.2) is 22.0 Å². The lowest BCUT2D eigenvalue weighted by Crippen LogP contribution is -2.22. The van der Waals surface area contributed by atoms with Crippen LogP contribution in [0, 0.1) is 0 Å². The molecule has 0 unspecified atom stereocenters. The summed E-state index contributed by atoms with van der Waals surface area (Å²) in [6, 6.07) is 1.90. The van der Waals surface area contributed by atoms with E-state index < -0.39 is 5.97 Å². The van der Waals surface area contributed by atoms with Crippen molar-refractivity contribution in [1.82, 2.24) is 10.3 Å². The van der Waals surface area contributed by atoms with Crippen LogP contribution in [0.25, 0.3) is 0 Å². The molecule has 2 aromatic rings. The van der Waals surface area contributed by atoms with Crippen LogP contribution in [-0.2, 0) is 6.54 Å². The molecule has 0 bridgehead atoms. The zero-order valence-corrected chi connectivity index (χ0v) is 12.1. The number of carbonyl (C=O) groups excluding carboxylic acids is 1. The minimum Gasteiger partial charge on any atom is -0.476 e. The first kappa shape index (κ1) is 13.2. The van der Waals surface area contributed by atoms with Crippen molar-refractivity contribution in [1.29, 1.82) is 0 Å². The van der Waals surface area contributed by atoms with Gasteiger partial charge in [-0.2, -0.15) is 0 Å². The smallest absolute Gasteiger partial charge is 0.355 e. The minimum absolute atomic E-state index is 0.109. The number of carboxylic acid groups (broad SMARTS) is 1. The average molecular weight is 347 g/mol. The highest BCUT2D eigenvalue weighted by atomic mass is 79.9. The van der Waals surface area contributed by atoms with Crippen molar-refractivity contribution in [2.45, 2.75) is 6.54 Å². The zero-order valence-electron chi connectivity index (χ0n) is 8.84. The number of carbonyl (C=O) groups is 2. The van der Waals surface area contributed by atoms with Crippen LogP contribution in [0.3, 0.4) is 0 Å². The number of halogens is 1. The molecule has 0 saturated heterocycles. The molecule has 0 saturated carbocycles.